The lowest BCUT2D eigenvalue weighted by atomic mass is 10.2. The topological polar surface area (TPSA) is 73.3 Å². The summed E-state index contributed by atoms with van der Waals surface area (Å²) in [6.45, 7) is 5.25. The van der Waals surface area contributed by atoms with Crippen LogP contribution in [0, 0.1) is 5.82 Å². The monoisotopic (exact) mass is 319 g/mol. The maximum Gasteiger partial charge on any atom is 0.412 e. The summed E-state index contributed by atoms with van der Waals surface area (Å²) >= 11 is 0. The molecule has 23 heavy (non-hydrogen) atoms. The largest absolute Gasteiger partial charge is 0.472 e. The minimum atomic E-state index is -0.609. The van der Waals surface area contributed by atoms with Gasteiger partial charge in [0.05, 0.1) is 6.20 Å². The molecule has 0 unspecified atom stereocenters. The van der Waals surface area contributed by atoms with Gasteiger partial charge in [0.2, 0.25) is 5.88 Å². The molecule has 1 aromatic carbocycles. The van der Waals surface area contributed by atoms with Crippen LogP contribution < -0.4 is 10.1 Å². The molecule has 1 aromatic heterocycles. The third-order valence-corrected chi connectivity index (χ3v) is 2.61. The lowest BCUT2D eigenvalue weighted by molar-refractivity contribution is 0.0636. The average molecular weight is 319 g/mol. The number of ether oxygens (including phenoxy) is 2. The summed E-state index contributed by atoms with van der Waals surface area (Å²) in [5, 5.41) is 2.55. The normalized spacial score (nSPS) is 11.0. The van der Waals surface area contributed by atoms with Crippen LogP contribution in [-0.4, -0.2) is 21.7 Å². The first-order chi connectivity index (χ1) is 10.8. The van der Waals surface area contributed by atoms with Crippen LogP contribution in [0.2, 0.25) is 0 Å². The van der Waals surface area contributed by atoms with Crippen LogP contribution in [0.4, 0.5) is 14.9 Å². The van der Waals surface area contributed by atoms with E-state index in [4.69, 9.17) is 9.47 Å². The smallest absolute Gasteiger partial charge is 0.412 e. The standard InChI is InChI=1S/C16H18FN3O3/c1-16(2,3)23-15(21)20-12-4-5-13(17)11(8-12)10-22-14-9-18-6-7-19-14/h4-9H,10H2,1-3H3,(H,20,21). The van der Waals surface area contributed by atoms with Crippen molar-refractivity contribution in [1.82, 2.24) is 9.97 Å². The number of carbonyl (C=O) groups excluding carboxylic acids is 1. The maximum atomic E-state index is 13.8. The minimum absolute atomic E-state index is 0.0334. The lowest BCUT2D eigenvalue weighted by Crippen LogP contribution is -2.27. The third-order valence-electron chi connectivity index (χ3n) is 2.61. The zero-order chi connectivity index (χ0) is 16.9. The average Bonchev–Trinajstić information content (AvgIpc) is 2.47. The summed E-state index contributed by atoms with van der Waals surface area (Å²) in [6.07, 6.45) is 3.82. The molecule has 0 bridgehead atoms. The number of carbonyl (C=O) groups is 1. The van der Waals surface area contributed by atoms with Gasteiger partial charge in [-0.05, 0) is 39.0 Å². The van der Waals surface area contributed by atoms with Crippen molar-refractivity contribution in [2.24, 2.45) is 0 Å². The number of aromatic nitrogens is 2. The Kier molecular flexibility index (Phi) is 5.10. The molecule has 0 spiro atoms. The van der Waals surface area contributed by atoms with Gasteiger partial charge in [0, 0.05) is 23.6 Å². The Hall–Kier alpha value is -2.70. The number of nitrogens with one attached hydrogen (secondary N) is 1. The predicted octanol–water partition coefficient (Wildman–Crippen LogP) is 3.54. The first-order valence-electron chi connectivity index (χ1n) is 7.01. The van der Waals surface area contributed by atoms with Crippen molar-refractivity contribution in [3.8, 4) is 5.88 Å². The zero-order valence-corrected chi connectivity index (χ0v) is 13.2. The number of amides is 1. The molecule has 1 heterocycles. The number of halogens is 1. The van der Waals surface area contributed by atoms with Crippen molar-refractivity contribution in [3.05, 3.63) is 48.2 Å². The van der Waals surface area contributed by atoms with E-state index >= 15 is 0 Å². The number of hydrogen-bond donors (Lipinski definition) is 1. The van der Waals surface area contributed by atoms with E-state index in [0.717, 1.165) is 0 Å². The Labute approximate surface area is 133 Å². The molecule has 6 nitrogen and oxygen atoms in total. The summed E-state index contributed by atoms with van der Waals surface area (Å²) in [5.41, 5.74) is 0.0878. The molecule has 0 saturated carbocycles. The molecule has 7 heteroatoms. The fourth-order valence-electron chi connectivity index (χ4n) is 1.70. The van der Waals surface area contributed by atoms with Gasteiger partial charge in [0.15, 0.2) is 0 Å². The highest BCUT2D eigenvalue weighted by Crippen LogP contribution is 2.18. The Morgan fingerprint density at radius 2 is 2.09 bits per heavy atom. The summed E-state index contributed by atoms with van der Waals surface area (Å²) in [5.74, 6) is -0.152. The van der Waals surface area contributed by atoms with E-state index in [9.17, 15) is 9.18 Å². The highest BCUT2D eigenvalue weighted by atomic mass is 19.1. The summed E-state index contributed by atoms with van der Waals surface area (Å²) in [6, 6.07) is 4.18. The molecule has 122 valence electrons. The van der Waals surface area contributed by atoms with Crippen molar-refractivity contribution < 1.29 is 18.7 Å². The zero-order valence-electron chi connectivity index (χ0n) is 13.2. The highest BCUT2D eigenvalue weighted by molar-refractivity contribution is 5.84. The van der Waals surface area contributed by atoms with E-state index in [2.05, 4.69) is 15.3 Å². The number of rotatable bonds is 4. The van der Waals surface area contributed by atoms with E-state index in [1.807, 2.05) is 0 Å². The second-order valence-electron chi connectivity index (χ2n) is 5.77. The van der Waals surface area contributed by atoms with E-state index in [1.165, 1.54) is 36.8 Å². The summed E-state index contributed by atoms with van der Waals surface area (Å²) < 4.78 is 24.3. The molecule has 0 fully saturated rings. The Morgan fingerprint density at radius 1 is 1.30 bits per heavy atom. The van der Waals surface area contributed by atoms with Crippen LogP contribution in [0.3, 0.4) is 0 Å². The molecule has 0 aliphatic heterocycles. The first kappa shape index (κ1) is 16.7. The summed E-state index contributed by atoms with van der Waals surface area (Å²) in [7, 11) is 0. The van der Waals surface area contributed by atoms with Crippen molar-refractivity contribution in [2.75, 3.05) is 5.32 Å². The molecule has 1 N–H and O–H groups in total. The SMILES string of the molecule is CC(C)(C)OC(=O)Nc1ccc(F)c(COc2cnccn2)c1. The molecule has 0 radical (unpaired) electrons. The van der Waals surface area contributed by atoms with Crippen LogP contribution >= 0.6 is 0 Å². The first-order valence-corrected chi connectivity index (χ1v) is 7.01. The van der Waals surface area contributed by atoms with Gasteiger partial charge in [0.25, 0.3) is 0 Å². The molecule has 2 aromatic rings. The number of hydrogen-bond acceptors (Lipinski definition) is 5. The molecule has 0 saturated heterocycles. The number of benzene rings is 1. The van der Waals surface area contributed by atoms with E-state index < -0.39 is 17.5 Å². The Morgan fingerprint density at radius 3 is 2.74 bits per heavy atom. The van der Waals surface area contributed by atoms with Crippen LogP contribution in [-0.2, 0) is 11.3 Å². The van der Waals surface area contributed by atoms with Gasteiger partial charge in [-0.1, -0.05) is 0 Å². The van der Waals surface area contributed by atoms with Crippen LogP contribution in [0.15, 0.2) is 36.8 Å². The van der Waals surface area contributed by atoms with Crippen molar-refractivity contribution in [2.45, 2.75) is 33.0 Å². The van der Waals surface area contributed by atoms with Gasteiger partial charge in [-0.15, -0.1) is 0 Å². The second kappa shape index (κ2) is 7.04. The molecule has 1 amide bonds. The number of nitrogens with zero attached hydrogens (tertiary/aromatic N) is 2. The van der Waals surface area contributed by atoms with E-state index in [0.29, 0.717) is 5.69 Å². The molecular formula is C16H18FN3O3. The van der Waals surface area contributed by atoms with Crippen LogP contribution in [0.5, 0.6) is 5.88 Å². The van der Waals surface area contributed by atoms with Crippen LogP contribution in [0.25, 0.3) is 0 Å². The van der Waals surface area contributed by atoms with Gasteiger partial charge in [-0.3, -0.25) is 10.3 Å². The molecular weight excluding hydrogens is 301 g/mol. The highest BCUT2D eigenvalue weighted by Gasteiger charge is 2.16. The lowest BCUT2D eigenvalue weighted by Gasteiger charge is -2.19. The van der Waals surface area contributed by atoms with Gasteiger partial charge in [-0.2, -0.15) is 0 Å². The van der Waals surface area contributed by atoms with E-state index in [-0.39, 0.29) is 18.1 Å². The third kappa shape index (κ3) is 5.54. The Balaban J connectivity index is 2.02. The molecule has 0 aliphatic rings. The van der Waals surface area contributed by atoms with Gasteiger partial charge in [0.1, 0.15) is 18.0 Å². The van der Waals surface area contributed by atoms with Crippen LogP contribution in [0.1, 0.15) is 26.3 Å². The summed E-state index contributed by atoms with van der Waals surface area (Å²) in [4.78, 5) is 19.5. The molecule has 0 atom stereocenters. The second-order valence-corrected chi connectivity index (χ2v) is 5.77. The minimum Gasteiger partial charge on any atom is -0.472 e. The molecule has 2 rings (SSSR count). The Bertz CT molecular complexity index is 672. The fraction of sp³-hybridized carbons (Fsp3) is 0.312. The van der Waals surface area contributed by atoms with Crippen molar-refractivity contribution >= 4 is 11.8 Å². The van der Waals surface area contributed by atoms with Crippen molar-refractivity contribution in [1.29, 1.82) is 0 Å². The van der Waals surface area contributed by atoms with Gasteiger partial charge in [-0.25, -0.2) is 14.2 Å². The number of anilines is 1. The van der Waals surface area contributed by atoms with E-state index in [1.54, 1.807) is 20.8 Å². The predicted molar refractivity (Wildman–Crippen MR) is 82.6 cm³/mol. The molecule has 0 aliphatic carbocycles. The van der Waals surface area contributed by atoms with Gasteiger partial charge < -0.3 is 9.47 Å². The maximum absolute atomic E-state index is 13.8. The quantitative estimate of drug-likeness (QED) is 0.933. The van der Waals surface area contributed by atoms with Crippen molar-refractivity contribution in [3.63, 3.8) is 0 Å². The fourth-order valence-corrected chi connectivity index (χ4v) is 1.70. The van der Waals surface area contributed by atoms with Gasteiger partial charge >= 0.3 is 6.09 Å².